The van der Waals surface area contributed by atoms with Gasteiger partial charge in [-0.25, -0.2) is 9.97 Å². The fourth-order valence-corrected chi connectivity index (χ4v) is 2.22. The Bertz CT molecular complexity index is 964. The normalized spacial score (nSPS) is 9.85. The van der Waals surface area contributed by atoms with Crippen molar-refractivity contribution in [3.05, 3.63) is 72.1 Å². The van der Waals surface area contributed by atoms with Crippen LogP contribution in [0.2, 0.25) is 0 Å². The Morgan fingerprint density at radius 2 is 1.88 bits per heavy atom. The number of carbonyl (C=O) groups is 1. The highest BCUT2D eigenvalue weighted by atomic mass is 16.5. The summed E-state index contributed by atoms with van der Waals surface area (Å²) in [6, 6.07) is 17.5. The third-order valence-corrected chi connectivity index (χ3v) is 3.53. The lowest BCUT2D eigenvalue weighted by Crippen LogP contribution is -2.15. The average Bonchev–Trinajstić information content (AvgIpc) is 2.69. The van der Waals surface area contributed by atoms with Gasteiger partial charge in [0.05, 0.1) is 18.4 Å². The van der Waals surface area contributed by atoms with E-state index in [2.05, 4.69) is 20.6 Å². The topological polar surface area (TPSA) is 99.9 Å². The highest BCUT2D eigenvalue weighted by molar-refractivity contribution is 6.03. The van der Waals surface area contributed by atoms with Crippen LogP contribution in [0.15, 0.2) is 60.8 Å². The summed E-state index contributed by atoms with van der Waals surface area (Å²) in [6.45, 7) is 0. The van der Waals surface area contributed by atoms with Crippen LogP contribution in [-0.2, 0) is 0 Å². The number of nitriles is 1. The quantitative estimate of drug-likeness (QED) is 0.735. The monoisotopic (exact) mass is 345 g/mol. The lowest BCUT2D eigenvalue weighted by Gasteiger charge is -2.08. The molecule has 0 aliphatic rings. The van der Waals surface area contributed by atoms with Gasteiger partial charge < -0.3 is 15.4 Å². The number of para-hydroxylation sites is 1. The Kier molecular flexibility index (Phi) is 5.05. The zero-order valence-corrected chi connectivity index (χ0v) is 13.9. The van der Waals surface area contributed by atoms with Crippen LogP contribution in [-0.4, -0.2) is 23.0 Å². The summed E-state index contributed by atoms with van der Waals surface area (Å²) in [5.41, 5.74) is 1.76. The Hall–Kier alpha value is -3.92. The first-order chi connectivity index (χ1) is 12.7. The second-order valence-electron chi connectivity index (χ2n) is 5.23. The minimum Gasteiger partial charge on any atom is -0.497 e. The zero-order valence-electron chi connectivity index (χ0n) is 13.9. The number of benzene rings is 2. The summed E-state index contributed by atoms with van der Waals surface area (Å²) in [6.07, 6.45) is 1.49. The number of aromatic nitrogens is 2. The third-order valence-electron chi connectivity index (χ3n) is 3.53. The molecule has 0 unspecified atom stereocenters. The highest BCUT2D eigenvalue weighted by Crippen LogP contribution is 2.18. The van der Waals surface area contributed by atoms with Gasteiger partial charge in [0.15, 0.2) is 0 Å². The molecule has 2 N–H and O–H groups in total. The molecule has 3 rings (SSSR count). The maximum Gasteiger partial charge on any atom is 0.274 e. The van der Waals surface area contributed by atoms with Crippen LogP contribution in [0.5, 0.6) is 5.75 Å². The van der Waals surface area contributed by atoms with Crippen molar-refractivity contribution in [3.63, 3.8) is 0 Å². The lowest BCUT2D eigenvalue weighted by molar-refractivity contribution is 0.102. The number of amides is 1. The van der Waals surface area contributed by atoms with Crippen LogP contribution in [0.25, 0.3) is 0 Å². The van der Waals surface area contributed by atoms with Gasteiger partial charge >= 0.3 is 0 Å². The highest BCUT2D eigenvalue weighted by Gasteiger charge is 2.11. The molecule has 0 aliphatic heterocycles. The summed E-state index contributed by atoms with van der Waals surface area (Å²) in [5.74, 6) is 0.602. The molecule has 1 amide bonds. The molecule has 0 fully saturated rings. The van der Waals surface area contributed by atoms with Crippen LogP contribution < -0.4 is 15.4 Å². The molecule has 0 atom stereocenters. The maximum atomic E-state index is 12.4. The standard InChI is InChI=1S/C19H15N5O2/c1-26-15-8-6-14(7-9-15)22-19-21-11-10-17(24-19)18(25)23-16-5-3-2-4-13(16)12-20/h2-11H,1H3,(H,23,25)(H,21,22,24). The number of anilines is 3. The first kappa shape index (κ1) is 16.9. The number of rotatable bonds is 5. The van der Waals surface area contributed by atoms with Crippen LogP contribution in [0, 0.1) is 11.3 Å². The summed E-state index contributed by atoms with van der Waals surface area (Å²) in [5, 5.41) is 14.8. The molecule has 0 saturated heterocycles. The lowest BCUT2D eigenvalue weighted by atomic mass is 10.2. The molecular weight excluding hydrogens is 330 g/mol. The number of carbonyl (C=O) groups excluding carboxylic acids is 1. The summed E-state index contributed by atoms with van der Waals surface area (Å²) in [7, 11) is 1.60. The Morgan fingerprint density at radius 1 is 1.12 bits per heavy atom. The smallest absolute Gasteiger partial charge is 0.274 e. The van der Waals surface area contributed by atoms with Gasteiger partial charge in [0.25, 0.3) is 5.91 Å². The second kappa shape index (κ2) is 7.77. The van der Waals surface area contributed by atoms with Crippen LogP contribution in [0.1, 0.15) is 16.1 Å². The number of methoxy groups -OCH3 is 1. The minimum absolute atomic E-state index is 0.184. The molecule has 26 heavy (non-hydrogen) atoms. The van der Waals surface area contributed by atoms with E-state index >= 15 is 0 Å². The van der Waals surface area contributed by atoms with Crippen molar-refractivity contribution in [3.8, 4) is 11.8 Å². The molecule has 0 radical (unpaired) electrons. The number of nitrogens with one attached hydrogen (secondary N) is 2. The average molecular weight is 345 g/mol. The second-order valence-corrected chi connectivity index (χ2v) is 5.23. The molecule has 3 aromatic rings. The predicted octanol–water partition coefficient (Wildman–Crippen LogP) is 3.35. The first-order valence-corrected chi connectivity index (χ1v) is 7.74. The first-order valence-electron chi connectivity index (χ1n) is 7.74. The number of hydrogen-bond donors (Lipinski definition) is 2. The molecule has 7 nitrogen and oxygen atoms in total. The predicted molar refractivity (Wildman–Crippen MR) is 97.4 cm³/mol. The van der Waals surface area contributed by atoms with Crippen molar-refractivity contribution < 1.29 is 9.53 Å². The van der Waals surface area contributed by atoms with Gasteiger partial charge in [-0.3, -0.25) is 4.79 Å². The van der Waals surface area contributed by atoms with Crippen molar-refractivity contribution in [2.24, 2.45) is 0 Å². The Morgan fingerprint density at radius 3 is 2.62 bits per heavy atom. The largest absolute Gasteiger partial charge is 0.497 e. The van der Waals surface area contributed by atoms with E-state index in [1.165, 1.54) is 12.3 Å². The van der Waals surface area contributed by atoms with Crippen molar-refractivity contribution >= 4 is 23.2 Å². The summed E-state index contributed by atoms with van der Waals surface area (Å²) in [4.78, 5) is 20.7. The van der Waals surface area contributed by atoms with Crippen LogP contribution in [0.4, 0.5) is 17.3 Å². The molecule has 1 heterocycles. The van der Waals surface area contributed by atoms with E-state index in [9.17, 15) is 4.79 Å². The minimum atomic E-state index is -0.423. The van der Waals surface area contributed by atoms with Crippen molar-refractivity contribution in [1.29, 1.82) is 5.26 Å². The Labute approximate surface area is 150 Å². The van der Waals surface area contributed by atoms with Gasteiger partial charge in [-0.05, 0) is 42.5 Å². The maximum absolute atomic E-state index is 12.4. The van der Waals surface area contributed by atoms with Crippen molar-refractivity contribution in [2.45, 2.75) is 0 Å². The van der Waals surface area contributed by atoms with Gasteiger partial charge in [0, 0.05) is 11.9 Å². The van der Waals surface area contributed by atoms with Crippen LogP contribution in [0.3, 0.4) is 0 Å². The van der Waals surface area contributed by atoms with E-state index in [-0.39, 0.29) is 11.6 Å². The summed E-state index contributed by atoms with van der Waals surface area (Å²) >= 11 is 0. The molecular formula is C19H15N5O2. The van der Waals surface area contributed by atoms with Gasteiger partial charge in [0.2, 0.25) is 5.95 Å². The molecule has 0 spiro atoms. The fraction of sp³-hybridized carbons (Fsp3) is 0.0526. The molecule has 128 valence electrons. The van der Waals surface area contributed by atoms with Crippen molar-refractivity contribution in [1.82, 2.24) is 9.97 Å². The van der Waals surface area contributed by atoms with E-state index in [1.807, 2.05) is 18.2 Å². The number of ether oxygens (including phenoxy) is 1. The van der Waals surface area contributed by atoms with E-state index < -0.39 is 5.91 Å². The molecule has 1 aromatic heterocycles. The van der Waals surface area contributed by atoms with E-state index in [4.69, 9.17) is 10.00 Å². The van der Waals surface area contributed by atoms with Gasteiger partial charge in [-0.15, -0.1) is 0 Å². The zero-order chi connectivity index (χ0) is 18.4. The van der Waals surface area contributed by atoms with Gasteiger partial charge in [-0.2, -0.15) is 5.26 Å². The molecule has 2 aromatic carbocycles. The molecule has 0 saturated carbocycles. The van der Waals surface area contributed by atoms with Gasteiger partial charge in [0.1, 0.15) is 17.5 Å². The van der Waals surface area contributed by atoms with Crippen LogP contribution >= 0.6 is 0 Å². The third kappa shape index (κ3) is 3.94. The van der Waals surface area contributed by atoms with E-state index in [1.54, 1.807) is 43.5 Å². The number of hydrogen-bond acceptors (Lipinski definition) is 6. The summed E-state index contributed by atoms with van der Waals surface area (Å²) < 4.78 is 5.11. The van der Waals surface area contributed by atoms with E-state index in [0.717, 1.165) is 11.4 Å². The molecule has 7 heteroatoms. The van der Waals surface area contributed by atoms with Gasteiger partial charge in [-0.1, -0.05) is 12.1 Å². The SMILES string of the molecule is COc1ccc(Nc2nccc(C(=O)Nc3ccccc3C#N)n2)cc1. The Balaban J connectivity index is 1.75. The van der Waals surface area contributed by atoms with E-state index in [0.29, 0.717) is 11.3 Å². The number of nitrogens with zero attached hydrogens (tertiary/aromatic N) is 3. The van der Waals surface area contributed by atoms with Crippen molar-refractivity contribution in [2.75, 3.05) is 17.7 Å². The molecule has 0 bridgehead atoms. The fourth-order valence-electron chi connectivity index (χ4n) is 2.22. The molecule has 0 aliphatic carbocycles.